The van der Waals surface area contributed by atoms with Crippen LogP contribution < -0.4 is 0 Å². The summed E-state index contributed by atoms with van der Waals surface area (Å²) in [4.78, 5) is 21.8. The van der Waals surface area contributed by atoms with E-state index in [0.717, 1.165) is 12.1 Å². The maximum atomic E-state index is 13.2. The van der Waals surface area contributed by atoms with Gasteiger partial charge in [0.25, 0.3) is 5.78 Å². The molecule has 0 amide bonds. The van der Waals surface area contributed by atoms with Gasteiger partial charge in [0, 0.05) is 5.56 Å². The Hall–Kier alpha value is -2.22. The van der Waals surface area contributed by atoms with Crippen LogP contribution in [0.2, 0.25) is 0 Å². The third-order valence-electron chi connectivity index (χ3n) is 2.17. The molecule has 0 heterocycles. The lowest BCUT2D eigenvalue weighted by molar-refractivity contribution is -0.131. The fourth-order valence-electron chi connectivity index (χ4n) is 1.44. The first-order chi connectivity index (χ1) is 7.52. The molecule has 0 aliphatic carbocycles. The predicted octanol–water partition coefficient (Wildman–Crippen LogP) is 1.53. The third-order valence-corrected chi connectivity index (χ3v) is 2.17. The molecule has 0 saturated carbocycles. The van der Waals surface area contributed by atoms with Crippen LogP contribution in [0.4, 0.5) is 4.39 Å². The van der Waals surface area contributed by atoms with E-state index in [0.29, 0.717) is 0 Å². The highest BCUT2D eigenvalue weighted by atomic mass is 19.1. The van der Waals surface area contributed by atoms with Gasteiger partial charge >= 0.3 is 5.97 Å². The summed E-state index contributed by atoms with van der Waals surface area (Å²) in [5, 5.41) is 17.3. The Morgan fingerprint density at radius 1 is 1.50 bits per heavy atom. The van der Waals surface area contributed by atoms with E-state index in [9.17, 15) is 14.0 Å². The number of carboxylic acid groups (broad SMARTS) is 1. The van der Waals surface area contributed by atoms with Gasteiger partial charge in [0.1, 0.15) is 11.9 Å². The SMILES string of the molecule is CCc1c(C(=O)C(=O)O)ccc(F)c1C#N. The molecule has 0 unspecified atom stereocenters. The van der Waals surface area contributed by atoms with Crippen LogP contribution in [0.25, 0.3) is 0 Å². The molecule has 1 aromatic rings. The summed E-state index contributed by atoms with van der Waals surface area (Å²) in [6, 6.07) is 3.64. The average molecular weight is 221 g/mol. The number of nitrogens with zero attached hydrogens (tertiary/aromatic N) is 1. The zero-order chi connectivity index (χ0) is 12.3. The van der Waals surface area contributed by atoms with Gasteiger partial charge in [0.2, 0.25) is 0 Å². The van der Waals surface area contributed by atoms with Crippen LogP contribution in [0.15, 0.2) is 12.1 Å². The minimum atomic E-state index is -1.62. The summed E-state index contributed by atoms with van der Waals surface area (Å²) in [5.41, 5.74) is -0.266. The van der Waals surface area contributed by atoms with Gasteiger partial charge in [0.05, 0.1) is 5.56 Å². The van der Waals surface area contributed by atoms with Crippen molar-refractivity contribution in [1.82, 2.24) is 0 Å². The van der Waals surface area contributed by atoms with Gasteiger partial charge in [-0.25, -0.2) is 9.18 Å². The normalized spacial score (nSPS) is 9.56. The molecule has 0 aliphatic rings. The Kier molecular flexibility index (Phi) is 3.36. The summed E-state index contributed by atoms with van der Waals surface area (Å²) in [6.07, 6.45) is 0.217. The van der Waals surface area contributed by atoms with Crippen molar-refractivity contribution < 1.29 is 19.1 Å². The highest BCUT2D eigenvalue weighted by Crippen LogP contribution is 2.19. The Balaban J connectivity index is 3.49. The molecule has 0 aliphatic heterocycles. The number of ketones is 1. The molecule has 1 aromatic carbocycles. The highest BCUT2D eigenvalue weighted by Gasteiger charge is 2.21. The second kappa shape index (κ2) is 4.53. The molecule has 0 saturated heterocycles. The van der Waals surface area contributed by atoms with E-state index in [2.05, 4.69) is 0 Å². The maximum absolute atomic E-state index is 13.2. The number of carbonyl (C=O) groups excluding carboxylic acids is 1. The van der Waals surface area contributed by atoms with E-state index in [-0.39, 0.29) is 23.1 Å². The van der Waals surface area contributed by atoms with Crippen molar-refractivity contribution in [1.29, 1.82) is 5.26 Å². The first-order valence-electron chi connectivity index (χ1n) is 4.52. The van der Waals surface area contributed by atoms with Crippen LogP contribution >= 0.6 is 0 Å². The van der Waals surface area contributed by atoms with Crippen molar-refractivity contribution in [3.63, 3.8) is 0 Å². The summed E-state index contributed by atoms with van der Waals surface area (Å²) >= 11 is 0. The molecule has 1 rings (SSSR count). The van der Waals surface area contributed by atoms with E-state index >= 15 is 0 Å². The zero-order valence-electron chi connectivity index (χ0n) is 8.45. The number of hydrogen-bond acceptors (Lipinski definition) is 3. The largest absolute Gasteiger partial charge is 0.475 e. The van der Waals surface area contributed by atoms with E-state index in [1.165, 1.54) is 0 Å². The molecule has 0 fully saturated rings. The third kappa shape index (κ3) is 1.91. The molecule has 1 N–H and O–H groups in total. The molecule has 0 atom stereocenters. The van der Waals surface area contributed by atoms with Crippen LogP contribution in [0.1, 0.15) is 28.4 Å². The molecule has 4 nitrogen and oxygen atoms in total. The highest BCUT2D eigenvalue weighted by molar-refractivity contribution is 6.40. The number of rotatable bonds is 3. The first-order valence-corrected chi connectivity index (χ1v) is 4.52. The van der Waals surface area contributed by atoms with E-state index in [1.807, 2.05) is 0 Å². The molecule has 82 valence electrons. The molecule has 0 aromatic heterocycles. The van der Waals surface area contributed by atoms with Gasteiger partial charge in [-0.15, -0.1) is 0 Å². The minimum absolute atomic E-state index is 0.132. The quantitative estimate of drug-likeness (QED) is 0.620. The molecule has 0 radical (unpaired) electrons. The first kappa shape index (κ1) is 11.9. The number of benzene rings is 1. The van der Waals surface area contributed by atoms with Crippen LogP contribution in [-0.4, -0.2) is 16.9 Å². The topological polar surface area (TPSA) is 78.2 Å². The van der Waals surface area contributed by atoms with E-state index in [1.54, 1.807) is 13.0 Å². The molecule has 0 bridgehead atoms. The molecule has 5 heteroatoms. The summed E-state index contributed by atoms with van der Waals surface area (Å²) in [6.45, 7) is 1.62. The monoisotopic (exact) mass is 221 g/mol. The number of nitriles is 1. The predicted molar refractivity (Wildman–Crippen MR) is 52.5 cm³/mol. The van der Waals surface area contributed by atoms with Crippen molar-refractivity contribution in [2.24, 2.45) is 0 Å². The van der Waals surface area contributed by atoms with Gasteiger partial charge in [-0.2, -0.15) is 5.26 Å². The lowest BCUT2D eigenvalue weighted by Gasteiger charge is -2.07. The number of hydrogen-bond donors (Lipinski definition) is 1. The van der Waals surface area contributed by atoms with Crippen LogP contribution in [0.3, 0.4) is 0 Å². The second-order valence-corrected chi connectivity index (χ2v) is 3.05. The second-order valence-electron chi connectivity index (χ2n) is 3.05. The maximum Gasteiger partial charge on any atom is 0.377 e. The Morgan fingerprint density at radius 2 is 2.12 bits per heavy atom. The van der Waals surface area contributed by atoms with E-state index in [4.69, 9.17) is 10.4 Å². The van der Waals surface area contributed by atoms with Crippen molar-refractivity contribution >= 4 is 11.8 Å². The lowest BCUT2D eigenvalue weighted by Crippen LogP contribution is -2.16. The van der Waals surface area contributed by atoms with Crippen molar-refractivity contribution in [3.05, 3.63) is 34.6 Å². The van der Waals surface area contributed by atoms with Crippen LogP contribution in [-0.2, 0) is 11.2 Å². The van der Waals surface area contributed by atoms with Gasteiger partial charge in [-0.3, -0.25) is 4.79 Å². The number of carbonyl (C=O) groups is 2. The minimum Gasteiger partial charge on any atom is -0.475 e. The summed E-state index contributed by atoms with van der Waals surface area (Å²) in [7, 11) is 0. The number of Topliss-reactive ketones (excluding diaryl/α,β-unsaturated/α-hetero) is 1. The lowest BCUT2D eigenvalue weighted by atomic mass is 9.96. The Morgan fingerprint density at radius 3 is 2.56 bits per heavy atom. The fourth-order valence-corrected chi connectivity index (χ4v) is 1.44. The van der Waals surface area contributed by atoms with E-state index < -0.39 is 17.6 Å². The Bertz CT molecular complexity index is 503. The average Bonchev–Trinajstić information content (AvgIpc) is 2.27. The van der Waals surface area contributed by atoms with Crippen LogP contribution in [0.5, 0.6) is 0 Å². The number of halogens is 1. The van der Waals surface area contributed by atoms with Crippen molar-refractivity contribution in [2.75, 3.05) is 0 Å². The van der Waals surface area contributed by atoms with Gasteiger partial charge in [-0.05, 0) is 24.1 Å². The Labute approximate surface area is 90.9 Å². The molecular formula is C11H8FNO3. The fraction of sp³-hybridized carbons (Fsp3) is 0.182. The molecule has 16 heavy (non-hydrogen) atoms. The van der Waals surface area contributed by atoms with Gasteiger partial charge < -0.3 is 5.11 Å². The molecule has 0 spiro atoms. The van der Waals surface area contributed by atoms with Gasteiger partial charge in [-0.1, -0.05) is 6.92 Å². The standard InChI is InChI=1S/C11H8FNO3/c1-2-6-7(10(14)11(15)16)3-4-9(12)8(6)5-13/h3-4H,2H2,1H3,(H,15,16). The van der Waals surface area contributed by atoms with Gasteiger partial charge in [0.15, 0.2) is 0 Å². The van der Waals surface area contributed by atoms with Crippen molar-refractivity contribution in [2.45, 2.75) is 13.3 Å². The number of carboxylic acids is 1. The summed E-state index contributed by atoms with van der Waals surface area (Å²) < 4.78 is 13.2. The summed E-state index contributed by atoms with van der Waals surface area (Å²) in [5.74, 6) is -3.50. The smallest absolute Gasteiger partial charge is 0.377 e. The molecular weight excluding hydrogens is 213 g/mol. The number of aliphatic carboxylic acids is 1. The zero-order valence-corrected chi connectivity index (χ0v) is 8.45. The van der Waals surface area contributed by atoms with Crippen molar-refractivity contribution in [3.8, 4) is 6.07 Å². The van der Waals surface area contributed by atoms with Crippen LogP contribution in [0, 0.1) is 17.1 Å².